The molecule has 0 aromatic heterocycles. The standard InChI is InChI=1S/C27H33FN4O5/c1-17(2)23(29-22-15-20(37-4)9-10-21(22)28)24(33)31-13-11-27(12-14-31)26(36)30(3)16-32(27)19-7-5-18(6-8-19)25(34)35/h5-10,15,17,23,29H,11-14,16H2,1-4H3,(H,34,35)/t23-/m1/s1. The maximum absolute atomic E-state index is 14.5. The van der Waals surface area contributed by atoms with Gasteiger partial charge in [0.15, 0.2) is 0 Å². The first-order valence-electron chi connectivity index (χ1n) is 12.3. The average Bonchev–Trinajstić information content (AvgIpc) is 3.13. The summed E-state index contributed by atoms with van der Waals surface area (Å²) in [5.74, 6) is -1.27. The van der Waals surface area contributed by atoms with Gasteiger partial charge in [0, 0.05) is 31.9 Å². The molecule has 10 heteroatoms. The second-order valence-electron chi connectivity index (χ2n) is 9.99. The van der Waals surface area contributed by atoms with E-state index >= 15 is 0 Å². The summed E-state index contributed by atoms with van der Waals surface area (Å²) in [6, 6.07) is 10.2. The van der Waals surface area contributed by atoms with Gasteiger partial charge in [0.2, 0.25) is 11.8 Å². The summed E-state index contributed by atoms with van der Waals surface area (Å²) in [6.45, 7) is 4.92. The van der Waals surface area contributed by atoms with Crippen molar-refractivity contribution in [2.45, 2.75) is 38.3 Å². The molecule has 0 aliphatic carbocycles. The van der Waals surface area contributed by atoms with Crippen LogP contribution in [0.5, 0.6) is 5.75 Å². The Hall–Kier alpha value is -3.82. The monoisotopic (exact) mass is 512 g/mol. The molecule has 37 heavy (non-hydrogen) atoms. The minimum atomic E-state index is -1.01. The van der Waals surface area contributed by atoms with Crippen molar-refractivity contribution in [3.05, 3.63) is 53.8 Å². The zero-order valence-electron chi connectivity index (χ0n) is 21.5. The van der Waals surface area contributed by atoms with E-state index in [2.05, 4.69) is 5.32 Å². The highest BCUT2D eigenvalue weighted by Gasteiger charge is 2.53. The molecule has 4 rings (SSSR count). The number of likely N-dealkylation sites (tertiary alicyclic amines) is 1. The van der Waals surface area contributed by atoms with Crippen LogP contribution >= 0.6 is 0 Å². The summed E-state index contributed by atoms with van der Waals surface area (Å²) in [6.07, 6.45) is 0.863. The van der Waals surface area contributed by atoms with Crippen LogP contribution in [-0.2, 0) is 9.59 Å². The van der Waals surface area contributed by atoms with Crippen molar-refractivity contribution in [3.8, 4) is 5.75 Å². The lowest BCUT2D eigenvalue weighted by Gasteiger charge is -2.44. The van der Waals surface area contributed by atoms with Crippen molar-refractivity contribution < 1.29 is 28.6 Å². The van der Waals surface area contributed by atoms with Crippen LogP contribution in [0, 0.1) is 11.7 Å². The Morgan fingerprint density at radius 1 is 1.11 bits per heavy atom. The Balaban J connectivity index is 1.52. The van der Waals surface area contributed by atoms with Crippen molar-refractivity contribution in [2.75, 3.05) is 44.1 Å². The third-order valence-electron chi connectivity index (χ3n) is 7.36. The van der Waals surface area contributed by atoms with Gasteiger partial charge >= 0.3 is 5.97 Å². The summed E-state index contributed by atoms with van der Waals surface area (Å²) >= 11 is 0. The van der Waals surface area contributed by atoms with Crippen LogP contribution in [0.25, 0.3) is 0 Å². The molecule has 1 atom stereocenters. The SMILES string of the molecule is COc1ccc(F)c(N[C@@H](C(=O)N2CCC3(CC2)C(=O)N(C)CN3c2ccc(C(=O)O)cc2)C(C)C)c1. The fraction of sp³-hybridized carbons (Fsp3) is 0.444. The number of carboxylic acid groups (broad SMARTS) is 1. The smallest absolute Gasteiger partial charge is 0.335 e. The number of halogens is 1. The van der Waals surface area contributed by atoms with Crippen molar-refractivity contribution in [3.63, 3.8) is 0 Å². The molecule has 0 radical (unpaired) electrons. The number of ether oxygens (including phenoxy) is 1. The summed E-state index contributed by atoms with van der Waals surface area (Å²) in [4.78, 5) is 43.5. The number of aromatic carboxylic acids is 1. The largest absolute Gasteiger partial charge is 0.497 e. The quantitative estimate of drug-likeness (QED) is 0.587. The van der Waals surface area contributed by atoms with Crippen LogP contribution in [0.3, 0.4) is 0 Å². The van der Waals surface area contributed by atoms with E-state index < -0.39 is 23.4 Å². The highest BCUT2D eigenvalue weighted by atomic mass is 19.1. The predicted molar refractivity (Wildman–Crippen MR) is 137 cm³/mol. The molecular formula is C27H33FN4O5. The molecule has 198 valence electrons. The predicted octanol–water partition coefficient (Wildman–Crippen LogP) is 3.27. The van der Waals surface area contributed by atoms with Gasteiger partial charge in [-0.25, -0.2) is 9.18 Å². The number of carboxylic acids is 1. The molecule has 2 N–H and O–H groups in total. The van der Waals surface area contributed by atoms with Crippen molar-refractivity contribution >= 4 is 29.2 Å². The molecule has 0 bridgehead atoms. The molecule has 0 saturated carbocycles. The molecule has 2 amide bonds. The number of hydrogen-bond donors (Lipinski definition) is 2. The van der Waals surface area contributed by atoms with E-state index in [1.807, 2.05) is 18.7 Å². The van der Waals surface area contributed by atoms with Crippen molar-refractivity contribution in [1.29, 1.82) is 0 Å². The molecule has 9 nitrogen and oxygen atoms in total. The first-order valence-corrected chi connectivity index (χ1v) is 12.3. The first-order chi connectivity index (χ1) is 17.6. The highest BCUT2D eigenvalue weighted by Crippen LogP contribution is 2.39. The minimum Gasteiger partial charge on any atom is -0.497 e. The zero-order chi connectivity index (χ0) is 26.9. The molecule has 2 fully saturated rings. The maximum Gasteiger partial charge on any atom is 0.335 e. The number of carbonyl (C=O) groups is 3. The van der Waals surface area contributed by atoms with Gasteiger partial charge in [-0.1, -0.05) is 13.8 Å². The summed E-state index contributed by atoms with van der Waals surface area (Å²) < 4.78 is 19.7. The number of benzene rings is 2. The third-order valence-corrected chi connectivity index (χ3v) is 7.36. The van der Waals surface area contributed by atoms with Crippen LogP contribution in [0.2, 0.25) is 0 Å². The molecule has 2 saturated heterocycles. The number of hydrogen-bond acceptors (Lipinski definition) is 6. The maximum atomic E-state index is 14.5. The number of likely N-dealkylation sites (N-methyl/N-ethyl adjacent to an activating group) is 1. The number of methoxy groups -OCH3 is 1. The van der Waals surface area contributed by atoms with E-state index in [4.69, 9.17) is 4.74 Å². The van der Waals surface area contributed by atoms with Gasteiger partial charge in [-0.15, -0.1) is 0 Å². The highest BCUT2D eigenvalue weighted by molar-refractivity contribution is 5.94. The molecule has 2 aromatic rings. The Morgan fingerprint density at radius 2 is 1.76 bits per heavy atom. The molecule has 2 aliphatic rings. The van der Waals surface area contributed by atoms with Crippen LogP contribution < -0.4 is 15.0 Å². The normalized spacial score (nSPS) is 17.9. The lowest BCUT2D eigenvalue weighted by molar-refractivity contribution is -0.138. The number of anilines is 2. The minimum absolute atomic E-state index is 0.0149. The Labute approximate surface area is 215 Å². The molecule has 2 heterocycles. The van der Waals surface area contributed by atoms with Gasteiger partial charge in [0.1, 0.15) is 23.1 Å². The number of amides is 2. The van der Waals surface area contributed by atoms with E-state index in [0.717, 1.165) is 5.69 Å². The lowest BCUT2D eigenvalue weighted by atomic mass is 9.85. The van der Waals surface area contributed by atoms with Crippen molar-refractivity contribution in [2.24, 2.45) is 5.92 Å². The fourth-order valence-corrected chi connectivity index (χ4v) is 5.20. The fourth-order valence-electron chi connectivity index (χ4n) is 5.20. The summed E-state index contributed by atoms with van der Waals surface area (Å²) in [5.41, 5.74) is 0.327. The zero-order valence-corrected chi connectivity index (χ0v) is 21.5. The Morgan fingerprint density at radius 3 is 2.32 bits per heavy atom. The molecule has 2 aliphatic heterocycles. The number of nitrogens with zero attached hydrogens (tertiary/aromatic N) is 3. The number of carbonyl (C=O) groups excluding carboxylic acids is 2. The average molecular weight is 513 g/mol. The van der Waals surface area contributed by atoms with Crippen LogP contribution in [0.1, 0.15) is 37.0 Å². The molecule has 0 unspecified atom stereocenters. The second kappa shape index (κ2) is 10.3. The van der Waals surface area contributed by atoms with Crippen LogP contribution in [-0.4, -0.2) is 78.2 Å². The van der Waals surface area contributed by atoms with Crippen molar-refractivity contribution in [1.82, 2.24) is 9.80 Å². The van der Waals surface area contributed by atoms with E-state index in [1.165, 1.54) is 37.4 Å². The molecular weight excluding hydrogens is 479 g/mol. The van der Waals surface area contributed by atoms with Gasteiger partial charge in [-0.2, -0.15) is 0 Å². The first kappa shape index (κ1) is 26.2. The van der Waals surface area contributed by atoms with E-state index in [9.17, 15) is 23.9 Å². The Kier molecular flexibility index (Phi) is 7.29. The third kappa shape index (κ3) is 4.92. The van der Waals surface area contributed by atoms with Crippen LogP contribution in [0.4, 0.5) is 15.8 Å². The van der Waals surface area contributed by atoms with Gasteiger partial charge in [0.25, 0.3) is 0 Å². The van der Waals surface area contributed by atoms with E-state index in [0.29, 0.717) is 38.3 Å². The number of rotatable bonds is 7. The Bertz CT molecular complexity index is 1180. The van der Waals surface area contributed by atoms with Gasteiger partial charge in [-0.05, 0) is 55.2 Å². The molecule has 2 aromatic carbocycles. The summed E-state index contributed by atoms with van der Waals surface area (Å²) in [5, 5.41) is 12.3. The van der Waals surface area contributed by atoms with Gasteiger partial charge in [0.05, 0.1) is 25.0 Å². The number of piperidine rings is 1. The number of nitrogens with one attached hydrogen (secondary N) is 1. The summed E-state index contributed by atoms with van der Waals surface area (Å²) in [7, 11) is 3.24. The topological polar surface area (TPSA) is 102 Å². The van der Waals surface area contributed by atoms with E-state index in [-0.39, 0.29) is 29.0 Å². The second-order valence-corrected chi connectivity index (χ2v) is 9.99. The van der Waals surface area contributed by atoms with Gasteiger partial charge in [-0.3, -0.25) is 9.59 Å². The van der Waals surface area contributed by atoms with Crippen LogP contribution in [0.15, 0.2) is 42.5 Å². The van der Waals surface area contributed by atoms with Gasteiger partial charge < -0.3 is 29.9 Å². The molecule has 1 spiro atoms. The van der Waals surface area contributed by atoms with E-state index in [1.54, 1.807) is 29.0 Å². The lowest BCUT2D eigenvalue weighted by Crippen LogP contribution is -2.59.